The van der Waals surface area contributed by atoms with E-state index in [0.717, 1.165) is 12.5 Å². The summed E-state index contributed by atoms with van der Waals surface area (Å²) in [6.07, 6.45) is 0.852. The van der Waals surface area contributed by atoms with Crippen LogP contribution in [-0.4, -0.2) is 31.3 Å². The maximum atomic E-state index is 5.96. The maximum absolute atomic E-state index is 5.96. The molecule has 0 aromatic rings. The third kappa shape index (κ3) is 6.48. The summed E-state index contributed by atoms with van der Waals surface area (Å²) < 4.78 is 16.7. The molecule has 6 heteroatoms. The van der Waals surface area contributed by atoms with Gasteiger partial charge in [0.15, 0.2) is 0 Å². The third-order valence-corrected chi connectivity index (χ3v) is 8.82. The van der Waals surface area contributed by atoms with Gasteiger partial charge in [0, 0.05) is 35.3 Å². The second-order valence-electron chi connectivity index (χ2n) is 3.65. The maximum Gasteiger partial charge on any atom is 0.323 e. The summed E-state index contributed by atoms with van der Waals surface area (Å²) in [6.45, 7) is 9.94. The van der Waals surface area contributed by atoms with Crippen molar-refractivity contribution in [3.8, 4) is 0 Å². The van der Waals surface area contributed by atoms with Crippen molar-refractivity contribution >= 4 is 17.1 Å². The van der Waals surface area contributed by atoms with Crippen molar-refractivity contribution in [3.05, 3.63) is 6.92 Å². The van der Waals surface area contributed by atoms with E-state index in [9.17, 15) is 0 Å². The molecule has 0 aliphatic rings. The van der Waals surface area contributed by atoms with E-state index in [1.807, 2.05) is 13.1 Å². The Morgan fingerprint density at radius 3 is 1.86 bits per heavy atom. The molecule has 0 saturated carbocycles. The van der Waals surface area contributed by atoms with Crippen molar-refractivity contribution in [3.63, 3.8) is 0 Å². The van der Waals surface area contributed by atoms with Gasteiger partial charge in [-0.25, -0.2) is 0 Å². The molecule has 0 aromatic carbocycles. The summed E-state index contributed by atoms with van der Waals surface area (Å²) >= 11 is 0. The molecular formula is C8H21O3Si2W-. The summed E-state index contributed by atoms with van der Waals surface area (Å²) in [6, 6.07) is 0.920. The summed E-state index contributed by atoms with van der Waals surface area (Å²) in [5, 5.41) is 0. The molecule has 14 heavy (non-hydrogen) atoms. The van der Waals surface area contributed by atoms with Crippen LogP contribution in [-0.2, 0) is 34.0 Å². The third-order valence-electron chi connectivity index (χ3n) is 2.02. The van der Waals surface area contributed by atoms with Crippen LogP contribution in [0.25, 0.3) is 0 Å². The average molecular weight is 405 g/mol. The molecule has 0 radical (unpaired) electrons. The molecular weight excluding hydrogens is 384 g/mol. The van der Waals surface area contributed by atoms with Gasteiger partial charge in [-0.05, 0) is 25.7 Å². The van der Waals surface area contributed by atoms with Crippen molar-refractivity contribution in [2.24, 2.45) is 0 Å². The fourth-order valence-corrected chi connectivity index (χ4v) is 7.16. The van der Waals surface area contributed by atoms with Crippen LogP contribution in [0.4, 0.5) is 0 Å². The van der Waals surface area contributed by atoms with Gasteiger partial charge in [-0.3, -0.25) is 0 Å². The van der Waals surface area contributed by atoms with Crippen molar-refractivity contribution in [2.75, 3.05) is 14.2 Å². The monoisotopic (exact) mass is 405 g/mol. The smallest absolute Gasteiger partial charge is 0.323 e. The van der Waals surface area contributed by atoms with Crippen LogP contribution >= 0.6 is 0 Å². The second-order valence-corrected chi connectivity index (χ2v) is 10.8. The van der Waals surface area contributed by atoms with Crippen LogP contribution < -0.4 is 0 Å². The van der Waals surface area contributed by atoms with Crippen LogP contribution in [0.5, 0.6) is 0 Å². The van der Waals surface area contributed by atoms with Gasteiger partial charge in [0.25, 0.3) is 0 Å². The average Bonchev–Trinajstić information content (AvgIpc) is 2.04. The van der Waals surface area contributed by atoms with Crippen LogP contribution in [0.3, 0.4) is 0 Å². The van der Waals surface area contributed by atoms with E-state index in [1.165, 1.54) is 0 Å². The summed E-state index contributed by atoms with van der Waals surface area (Å²) in [4.78, 5) is 0. The molecule has 1 atom stereocenters. The van der Waals surface area contributed by atoms with Gasteiger partial charge in [0.05, 0.1) is 0 Å². The first-order valence-corrected chi connectivity index (χ1v) is 9.83. The van der Waals surface area contributed by atoms with Crippen LogP contribution in [0.1, 0.15) is 6.42 Å². The van der Waals surface area contributed by atoms with Crippen molar-refractivity contribution in [1.82, 2.24) is 0 Å². The molecule has 0 amide bonds. The van der Waals surface area contributed by atoms with Crippen molar-refractivity contribution in [1.29, 1.82) is 0 Å². The van der Waals surface area contributed by atoms with E-state index in [2.05, 4.69) is 13.5 Å². The summed E-state index contributed by atoms with van der Waals surface area (Å²) in [5.74, 6) is 0. The summed E-state index contributed by atoms with van der Waals surface area (Å²) in [7, 11) is -0.562. The molecule has 0 aromatic heterocycles. The summed E-state index contributed by atoms with van der Waals surface area (Å²) in [5.41, 5.74) is 0. The fraction of sp³-hybridized carbons (Fsp3) is 0.875. The molecule has 0 heterocycles. The fourth-order valence-electron chi connectivity index (χ4n) is 1.08. The molecule has 0 aliphatic heterocycles. The minimum Gasteiger partial charge on any atom is -0.415 e. The van der Waals surface area contributed by atoms with Gasteiger partial charge in [-0.2, -0.15) is 6.42 Å². The minimum atomic E-state index is -2.01. The zero-order valence-electron chi connectivity index (χ0n) is 9.75. The zero-order chi connectivity index (χ0) is 10.5. The Balaban J connectivity index is 0. The van der Waals surface area contributed by atoms with Crippen molar-refractivity contribution < 1.29 is 34.0 Å². The van der Waals surface area contributed by atoms with Gasteiger partial charge < -0.3 is 19.9 Å². The van der Waals surface area contributed by atoms with Gasteiger partial charge in [-0.1, -0.05) is 0 Å². The number of rotatable bonds is 6. The second kappa shape index (κ2) is 7.30. The molecule has 1 unspecified atom stereocenters. The number of hydrogen-bond donors (Lipinski definition) is 0. The first kappa shape index (κ1) is 17.4. The zero-order valence-corrected chi connectivity index (χ0v) is 14.7. The minimum absolute atomic E-state index is 0. The van der Waals surface area contributed by atoms with Crippen LogP contribution in [0.2, 0.25) is 25.7 Å². The Morgan fingerprint density at radius 1 is 1.07 bits per heavy atom. The molecule has 0 aliphatic carbocycles. The Labute approximate surface area is 104 Å². The molecule has 0 rings (SSSR count). The van der Waals surface area contributed by atoms with Crippen LogP contribution in [0.15, 0.2) is 0 Å². The molecule has 0 fully saturated rings. The standard InChI is InChI=1S/C8H21O3Si2.W/c1-7-8-13(6,10-3)11-12(4,5)9-2;/h1,7-8H2,2-6H3;/q-1;. The predicted molar refractivity (Wildman–Crippen MR) is 59.0 cm³/mol. The number of hydrogen-bond acceptors (Lipinski definition) is 3. The van der Waals surface area contributed by atoms with Gasteiger partial charge in [-0.15, -0.1) is 0 Å². The van der Waals surface area contributed by atoms with E-state index in [4.69, 9.17) is 13.0 Å². The first-order chi connectivity index (χ1) is 5.89. The largest absolute Gasteiger partial charge is 0.415 e. The first-order valence-electron chi connectivity index (χ1n) is 4.49. The quantitative estimate of drug-likeness (QED) is 0.502. The van der Waals surface area contributed by atoms with E-state index >= 15 is 0 Å². The Morgan fingerprint density at radius 2 is 1.57 bits per heavy atom. The molecule has 86 valence electrons. The molecule has 0 spiro atoms. The Bertz CT molecular complexity index is 158. The molecule has 0 saturated heterocycles. The SMILES string of the molecule is [CH2-]CC[Si](C)(OC)O[Si](C)(C)OC.[W]. The normalized spacial score (nSPS) is 15.9. The van der Waals surface area contributed by atoms with E-state index in [0.29, 0.717) is 0 Å². The molecule has 0 bridgehead atoms. The predicted octanol–water partition coefficient (Wildman–Crippen LogP) is 2.29. The Kier molecular flexibility index (Phi) is 9.08. The van der Waals surface area contributed by atoms with Crippen LogP contribution in [0, 0.1) is 6.92 Å². The van der Waals surface area contributed by atoms with Gasteiger partial charge in [0.1, 0.15) is 0 Å². The molecule has 3 nitrogen and oxygen atoms in total. The van der Waals surface area contributed by atoms with Gasteiger partial charge >= 0.3 is 17.1 Å². The topological polar surface area (TPSA) is 27.7 Å². The van der Waals surface area contributed by atoms with Crippen molar-refractivity contribution in [2.45, 2.75) is 32.1 Å². The van der Waals surface area contributed by atoms with E-state index in [1.54, 1.807) is 14.2 Å². The molecule has 0 N–H and O–H groups in total. The van der Waals surface area contributed by atoms with Gasteiger partial charge in [0.2, 0.25) is 0 Å². The van der Waals surface area contributed by atoms with E-state index < -0.39 is 17.1 Å². The Hall–Kier alpha value is 1.00. The van der Waals surface area contributed by atoms with E-state index in [-0.39, 0.29) is 21.1 Å².